The maximum atomic E-state index is 5.42. The zero-order valence-electron chi connectivity index (χ0n) is 14.6. The Morgan fingerprint density at radius 3 is 2.91 bits per heavy atom. The summed E-state index contributed by atoms with van der Waals surface area (Å²) in [5.74, 6) is 1.00. The van der Waals surface area contributed by atoms with Crippen LogP contribution < -0.4 is 5.32 Å². The first-order valence-electron chi connectivity index (χ1n) is 8.54. The summed E-state index contributed by atoms with van der Waals surface area (Å²) in [6.07, 6.45) is 1.07. The standard InChI is InChI=1S/C17H30N4OS/c1-4-18-17(20(3)8-7-16-6-5-13-23-16)19-14-15(2)21-9-11-22-12-10-21/h5-6,13,15H,4,7-12,14H2,1-3H3,(H,18,19). The SMILES string of the molecule is CCNC(=NCC(C)N1CCOCC1)N(C)CCc1cccs1. The second kappa shape index (κ2) is 9.90. The molecule has 1 fully saturated rings. The molecule has 1 aliphatic rings. The predicted molar refractivity (Wildman–Crippen MR) is 98.5 cm³/mol. The molecule has 0 bridgehead atoms. The average Bonchev–Trinajstić information content (AvgIpc) is 3.10. The van der Waals surface area contributed by atoms with Crippen LogP contribution in [0.25, 0.3) is 0 Å². The Bertz CT molecular complexity index is 457. The first kappa shape index (κ1) is 18.2. The van der Waals surface area contributed by atoms with Crippen LogP contribution >= 0.6 is 11.3 Å². The Hall–Kier alpha value is -1.11. The lowest BCUT2D eigenvalue weighted by atomic mass is 10.2. The molecule has 130 valence electrons. The molecule has 6 heteroatoms. The summed E-state index contributed by atoms with van der Waals surface area (Å²) >= 11 is 1.82. The molecule has 0 radical (unpaired) electrons. The van der Waals surface area contributed by atoms with Crippen LogP contribution in [0.1, 0.15) is 18.7 Å². The van der Waals surface area contributed by atoms with Gasteiger partial charge in [0.25, 0.3) is 0 Å². The molecule has 2 rings (SSSR count). The number of rotatable bonds is 7. The van der Waals surface area contributed by atoms with Crippen molar-refractivity contribution < 1.29 is 4.74 Å². The van der Waals surface area contributed by atoms with Crippen LogP contribution in [-0.4, -0.2) is 74.8 Å². The van der Waals surface area contributed by atoms with E-state index in [1.165, 1.54) is 4.88 Å². The number of hydrogen-bond acceptors (Lipinski definition) is 4. The number of likely N-dealkylation sites (N-methyl/N-ethyl adjacent to an activating group) is 1. The van der Waals surface area contributed by atoms with E-state index < -0.39 is 0 Å². The minimum absolute atomic E-state index is 0.457. The molecule has 0 spiro atoms. The van der Waals surface area contributed by atoms with E-state index in [0.29, 0.717) is 6.04 Å². The average molecular weight is 339 g/mol. The van der Waals surface area contributed by atoms with Crippen LogP contribution in [0, 0.1) is 0 Å². The lowest BCUT2D eigenvalue weighted by Crippen LogP contribution is -2.45. The van der Waals surface area contributed by atoms with Gasteiger partial charge in [-0.15, -0.1) is 11.3 Å². The smallest absolute Gasteiger partial charge is 0.193 e. The Morgan fingerprint density at radius 2 is 2.26 bits per heavy atom. The molecule has 1 atom stereocenters. The lowest BCUT2D eigenvalue weighted by molar-refractivity contribution is 0.0220. The molecule has 0 saturated carbocycles. The number of morpholine rings is 1. The van der Waals surface area contributed by atoms with Gasteiger partial charge >= 0.3 is 0 Å². The molecule has 0 aromatic carbocycles. The van der Waals surface area contributed by atoms with Gasteiger partial charge in [0.05, 0.1) is 19.8 Å². The zero-order valence-corrected chi connectivity index (χ0v) is 15.4. The summed E-state index contributed by atoms with van der Waals surface area (Å²) in [5.41, 5.74) is 0. The number of ether oxygens (including phenoxy) is 1. The van der Waals surface area contributed by atoms with Crippen LogP contribution in [0.4, 0.5) is 0 Å². The maximum Gasteiger partial charge on any atom is 0.193 e. The second-order valence-corrected chi connectivity index (χ2v) is 6.98. The highest BCUT2D eigenvalue weighted by molar-refractivity contribution is 7.09. The number of nitrogens with one attached hydrogen (secondary N) is 1. The van der Waals surface area contributed by atoms with E-state index in [1.807, 2.05) is 11.3 Å². The highest BCUT2D eigenvalue weighted by atomic mass is 32.1. The van der Waals surface area contributed by atoms with Crippen molar-refractivity contribution in [1.82, 2.24) is 15.1 Å². The molecule has 1 aliphatic heterocycles. The molecule has 1 unspecified atom stereocenters. The predicted octanol–water partition coefficient (Wildman–Crippen LogP) is 1.91. The van der Waals surface area contributed by atoms with E-state index in [0.717, 1.165) is 58.3 Å². The third-order valence-corrected chi connectivity index (χ3v) is 5.08. The van der Waals surface area contributed by atoms with Crippen molar-refractivity contribution >= 4 is 17.3 Å². The van der Waals surface area contributed by atoms with Gasteiger partial charge in [0.2, 0.25) is 0 Å². The summed E-state index contributed by atoms with van der Waals surface area (Å²) in [6, 6.07) is 4.77. The Kier molecular flexibility index (Phi) is 7.85. The monoisotopic (exact) mass is 338 g/mol. The molecule has 1 aromatic heterocycles. The van der Waals surface area contributed by atoms with Crippen molar-refractivity contribution in [1.29, 1.82) is 0 Å². The minimum atomic E-state index is 0.457. The Balaban J connectivity index is 1.84. The minimum Gasteiger partial charge on any atom is -0.379 e. The maximum absolute atomic E-state index is 5.42. The van der Waals surface area contributed by atoms with E-state index in [1.54, 1.807) is 0 Å². The van der Waals surface area contributed by atoms with Crippen molar-refractivity contribution in [2.75, 3.05) is 53.0 Å². The van der Waals surface area contributed by atoms with Crippen molar-refractivity contribution in [3.05, 3.63) is 22.4 Å². The second-order valence-electron chi connectivity index (χ2n) is 5.94. The van der Waals surface area contributed by atoms with Gasteiger partial charge in [-0.25, -0.2) is 0 Å². The normalized spacial score (nSPS) is 18.0. The summed E-state index contributed by atoms with van der Waals surface area (Å²) in [6.45, 7) is 10.8. The first-order valence-corrected chi connectivity index (χ1v) is 9.42. The number of guanidine groups is 1. The fourth-order valence-electron chi connectivity index (χ4n) is 2.66. The third kappa shape index (κ3) is 6.12. The van der Waals surface area contributed by atoms with Gasteiger partial charge in [-0.2, -0.15) is 0 Å². The van der Waals surface area contributed by atoms with Crippen LogP contribution in [0.3, 0.4) is 0 Å². The summed E-state index contributed by atoms with van der Waals surface area (Å²) < 4.78 is 5.42. The van der Waals surface area contributed by atoms with Gasteiger partial charge in [-0.1, -0.05) is 6.07 Å². The zero-order chi connectivity index (χ0) is 16.5. The molecule has 0 aliphatic carbocycles. The molecule has 5 nitrogen and oxygen atoms in total. The van der Waals surface area contributed by atoms with Crippen molar-refractivity contribution in [3.63, 3.8) is 0 Å². The molecular weight excluding hydrogens is 308 g/mol. The van der Waals surface area contributed by atoms with Crippen molar-refractivity contribution in [2.24, 2.45) is 4.99 Å². The fourth-order valence-corrected chi connectivity index (χ4v) is 3.36. The third-order valence-electron chi connectivity index (χ3n) is 4.14. The van der Waals surface area contributed by atoms with Crippen LogP contribution in [0.5, 0.6) is 0 Å². The molecule has 2 heterocycles. The van der Waals surface area contributed by atoms with Crippen LogP contribution in [-0.2, 0) is 11.2 Å². The van der Waals surface area contributed by atoms with E-state index in [-0.39, 0.29) is 0 Å². The lowest BCUT2D eigenvalue weighted by Gasteiger charge is -2.31. The summed E-state index contributed by atoms with van der Waals surface area (Å²) in [4.78, 5) is 11.0. The van der Waals surface area contributed by atoms with E-state index in [9.17, 15) is 0 Å². The van der Waals surface area contributed by atoms with Crippen LogP contribution in [0.2, 0.25) is 0 Å². The van der Waals surface area contributed by atoms with Gasteiger partial charge in [0.15, 0.2) is 5.96 Å². The Morgan fingerprint density at radius 1 is 1.48 bits per heavy atom. The summed E-state index contributed by atoms with van der Waals surface area (Å²) in [5, 5.41) is 5.54. The van der Waals surface area contributed by atoms with Gasteiger partial charge in [-0.3, -0.25) is 9.89 Å². The molecule has 1 saturated heterocycles. The fraction of sp³-hybridized carbons (Fsp3) is 0.706. The highest BCUT2D eigenvalue weighted by Gasteiger charge is 2.17. The first-order chi connectivity index (χ1) is 11.2. The summed E-state index contributed by atoms with van der Waals surface area (Å²) in [7, 11) is 2.12. The van der Waals surface area contributed by atoms with E-state index in [4.69, 9.17) is 9.73 Å². The number of aliphatic imine (C=N–C) groups is 1. The van der Waals surface area contributed by atoms with Gasteiger partial charge < -0.3 is 15.0 Å². The number of thiophene rings is 1. The van der Waals surface area contributed by atoms with Crippen molar-refractivity contribution in [2.45, 2.75) is 26.3 Å². The quantitative estimate of drug-likeness (QED) is 0.609. The molecule has 1 N–H and O–H groups in total. The molecule has 1 aromatic rings. The topological polar surface area (TPSA) is 40.1 Å². The molecule has 0 amide bonds. The van der Waals surface area contributed by atoms with Gasteiger partial charge in [0, 0.05) is 44.1 Å². The van der Waals surface area contributed by atoms with Gasteiger partial charge in [-0.05, 0) is 31.7 Å². The number of hydrogen-bond donors (Lipinski definition) is 1. The molecule has 23 heavy (non-hydrogen) atoms. The van der Waals surface area contributed by atoms with E-state index >= 15 is 0 Å². The van der Waals surface area contributed by atoms with Crippen molar-refractivity contribution in [3.8, 4) is 0 Å². The van der Waals surface area contributed by atoms with Gasteiger partial charge in [0.1, 0.15) is 0 Å². The van der Waals surface area contributed by atoms with E-state index in [2.05, 4.69) is 53.5 Å². The number of nitrogens with zero attached hydrogens (tertiary/aromatic N) is 3. The Labute approximate surface area is 144 Å². The molecular formula is C17H30N4OS. The van der Waals surface area contributed by atoms with Crippen LogP contribution in [0.15, 0.2) is 22.5 Å². The largest absolute Gasteiger partial charge is 0.379 e. The highest BCUT2D eigenvalue weighted by Crippen LogP contribution is 2.09.